The number of nitrogens with zero attached hydrogens (tertiary/aromatic N) is 2. The van der Waals surface area contributed by atoms with Gasteiger partial charge in [-0.1, -0.05) is 23.9 Å². The Kier molecular flexibility index (Phi) is 6.36. The van der Waals surface area contributed by atoms with E-state index in [1.165, 1.54) is 11.8 Å². The van der Waals surface area contributed by atoms with Gasteiger partial charge in [-0.25, -0.2) is 4.98 Å². The van der Waals surface area contributed by atoms with Crippen molar-refractivity contribution in [1.29, 1.82) is 0 Å². The van der Waals surface area contributed by atoms with E-state index in [0.29, 0.717) is 29.5 Å². The summed E-state index contributed by atoms with van der Waals surface area (Å²) in [6.07, 6.45) is 0. The number of imidazole rings is 1. The Morgan fingerprint density at radius 3 is 2.68 bits per heavy atom. The third kappa shape index (κ3) is 4.72. The molecule has 0 bridgehead atoms. The van der Waals surface area contributed by atoms with Gasteiger partial charge in [-0.2, -0.15) is 0 Å². The van der Waals surface area contributed by atoms with Crippen LogP contribution in [0.1, 0.15) is 29.8 Å². The summed E-state index contributed by atoms with van der Waals surface area (Å²) in [6, 6.07) is 13.0. The van der Waals surface area contributed by atoms with Crippen LogP contribution in [0, 0.1) is 6.92 Å². The molecule has 3 rings (SSSR count). The highest BCUT2D eigenvalue weighted by atomic mass is 32.2. The number of nitrogens with one attached hydrogen (secondary N) is 2. The SMILES string of the molecule is CCN(CC)C(=O)c1cccc(NC(=O)CSc2nc3ccc(C)cc3[nH]2)c1. The van der Waals surface area contributed by atoms with Crippen molar-refractivity contribution >= 4 is 40.3 Å². The van der Waals surface area contributed by atoms with E-state index >= 15 is 0 Å². The average molecular weight is 397 g/mol. The zero-order valence-electron chi connectivity index (χ0n) is 16.3. The first-order valence-corrected chi connectivity index (χ1v) is 10.3. The summed E-state index contributed by atoms with van der Waals surface area (Å²) in [5, 5.41) is 3.56. The van der Waals surface area contributed by atoms with Gasteiger partial charge >= 0.3 is 0 Å². The van der Waals surface area contributed by atoms with Gasteiger partial charge in [0, 0.05) is 24.3 Å². The minimum absolute atomic E-state index is 0.0342. The molecule has 7 heteroatoms. The Labute approximate surface area is 168 Å². The Bertz CT molecular complexity index is 995. The molecule has 0 unspecified atom stereocenters. The maximum Gasteiger partial charge on any atom is 0.253 e. The normalized spacial score (nSPS) is 10.8. The standard InChI is InChI=1S/C21H24N4O2S/c1-4-25(5-2)20(27)15-7-6-8-16(12-15)22-19(26)13-28-21-23-17-10-9-14(3)11-18(17)24-21/h6-12H,4-5,13H2,1-3H3,(H,22,26)(H,23,24). The predicted octanol–water partition coefficient (Wildman–Crippen LogP) is 4.08. The fraction of sp³-hybridized carbons (Fsp3) is 0.286. The average Bonchev–Trinajstić information content (AvgIpc) is 3.09. The molecule has 0 aliphatic rings. The van der Waals surface area contributed by atoms with Gasteiger partial charge in [0.25, 0.3) is 5.91 Å². The summed E-state index contributed by atoms with van der Waals surface area (Å²) in [6.45, 7) is 7.23. The van der Waals surface area contributed by atoms with Crippen LogP contribution in [-0.2, 0) is 4.79 Å². The van der Waals surface area contributed by atoms with Gasteiger partial charge in [0.15, 0.2) is 5.16 Å². The van der Waals surface area contributed by atoms with E-state index in [-0.39, 0.29) is 17.6 Å². The zero-order valence-corrected chi connectivity index (χ0v) is 17.1. The van der Waals surface area contributed by atoms with Crippen LogP contribution in [0.2, 0.25) is 0 Å². The van der Waals surface area contributed by atoms with Crippen LogP contribution in [-0.4, -0.2) is 45.5 Å². The highest BCUT2D eigenvalue weighted by Gasteiger charge is 2.13. The van der Waals surface area contributed by atoms with Gasteiger partial charge in [0.2, 0.25) is 5.91 Å². The van der Waals surface area contributed by atoms with E-state index in [1.54, 1.807) is 29.2 Å². The van der Waals surface area contributed by atoms with E-state index < -0.39 is 0 Å². The topological polar surface area (TPSA) is 78.1 Å². The third-order valence-corrected chi connectivity index (χ3v) is 5.27. The van der Waals surface area contributed by atoms with Crippen molar-refractivity contribution in [2.75, 3.05) is 24.2 Å². The molecule has 0 atom stereocenters. The molecule has 146 valence electrons. The number of aromatic amines is 1. The summed E-state index contributed by atoms with van der Waals surface area (Å²) in [4.78, 5) is 34.2. The highest BCUT2D eigenvalue weighted by Crippen LogP contribution is 2.21. The van der Waals surface area contributed by atoms with E-state index in [1.807, 2.05) is 39.0 Å². The molecule has 0 aliphatic carbocycles. The lowest BCUT2D eigenvalue weighted by molar-refractivity contribution is -0.113. The Morgan fingerprint density at radius 1 is 1.14 bits per heavy atom. The van der Waals surface area contributed by atoms with Crippen molar-refractivity contribution in [3.63, 3.8) is 0 Å². The number of carbonyl (C=O) groups excluding carboxylic acids is 2. The number of aromatic nitrogens is 2. The van der Waals surface area contributed by atoms with Crippen LogP contribution in [0.15, 0.2) is 47.6 Å². The molecular formula is C21H24N4O2S. The quantitative estimate of drug-likeness (QED) is 0.590. The van der Waals surface area contributed by atoms with Gasteiger partial charge in [-0.3, -0.25) is 9.59 Å². The second-order valence-electron chi connectivity index (χ2n) is 6.46. The van der Waals surface area contributed by atoms with Crippen molar-refractivity contribution in [1.82, 2.24) is 14.9 Å². The summed E-state index contributed by atoms with van der Waals surface area (Å²) in [7, 11) is 0. The van der Waals surface area contributed by atoms with Crippen LogP contribution in [0.3, 0.4) is 0 Å². The molecular weight excluding hydrogens is 372 g/mol. The molecule has 2 N–H and O–H groups in total. The number of carbonyl (C=O) groups is 2. The summed E-state index contributed by atoms with van der Waals surface area (Å²) in [5.74, 6) is 0.0506. The largest absolute Gasteiger partial charge is 0.339 e. The molecule has 6 nitrogen and oxygen atoms in total. The molecule has 2 aromatic carbocycles. The van der Waals surface area contributed by atoms with E-state index in [9.17, 15) is 9.59 Å². The molecule has 0 fully saturated rings. The lowest BCUT2D eigenvalue weighted by Gasteiger charge is -2.19. The highest BCUT2D eigenvalue weighted by molar-refractivity contribution is 7.99. The monoisotopic (exact) mass is 396 g/mol. The van der Waals surface area contributed by atoms with Crippen molar-refractivity contribution in [2.45, 2.75) is 25.9 Å². The number of rotatable bonds is 7. The zero-order chi connectivity index (χ0) is 20.1. The van der Waals surface area contributed by atoms with Crippen molar-refractivity contribution in [3.8, 4) is 0 Å². The molecule has 0 radical (unpaired) electrons. The maximum absolute atomic E-state index is 12.5. The molecule has 0 aliphatic heterocycles. The van der Waals surface area contributed by atoms with Crippen LogP contribution < -0.4 is 5.32 Å². The molecule has 2 amide bonds. The number of aryl methyl sites for hydroxylation is 1. The predicted molar refractivity (Wildman–Crippen MR) is 114 cm³/mol. The van der Waals surface area contributed by atoms with Gasteiger partial charge in [0.1, 0.15) is 0 Å². The minimum Gasteiger partial charge on any atom is -0.339 e. The third-order valence-electron chi connectivity index (χ3n) is 4.40. The Morgan fingerprint density at radius 2 is 1.93 bits per heavy atom. The molecule has 0 spiro atoms. The summed E-state index contributed by atoms with van der Waals surface area (Å²) in [5.41, 5.74) is 4.19. The number of H-pyrrole nitrogens is 1. The number of amides is 2. The molecule has 0 saturated heterocycles. The Balaban J connectivity index is 1.61. The lowest BCUT2D eigenvalue weighted by Crippen LogP contribution is -2.30. The number of thioether (sulfide) groups is 1. The van der Waals surface area contributed by atoms with Crippen LogP contribution in [0.25, 0.3) is 11.0 Å². The number of hydrogen-bond acceptors (Lipinski definition) is 4. The van der Waals surface area contributed by atoms with E-state index in [2.05, 4.69) is 15.3 Å². The number of benzene rings is 2. The smallest absolute Gasteiger partial charge is 0.253 e. The van der Waals surface area contributed by atoms with Crippen molar-refractivity contribution in [2.24, 2.45) is 0 Å². The fourth-order valence-corrected chi connectivity index (χ4v) is 3.61. The number of fused-ring (bicyclic) bond motifs is 1. The summed E-state index contributed by atoms with van der Waals surface area (Å²) < 4.78 is 0. The van der Waals surface area contributed by atoms with Gasteiger partial charge in [-0.15, -0.1) is 0 Å². The first-order valence-electron chi connectivity index (χ1n) is 9.28. The number of anilines is 1. The van der Waals surface area contributed by atoms with Crippen molar-refractivity contribution in [3.05, 3.63) is 53.6 Å². The molecule has 0 saturated carbocycles. The second-order valence-corrected chi connectivity index (χ2v) is 7.42. The molecule has 1 aromatic heterocycles. The fourth-order valence-electron chi connectivity index (χ4n) is 2.92. The van der Waals surface area contributed by atoms with Crippen LogP contribution in [0.4, 0.5) is 5.69 Å². The first kappa shape index (κ1) is 19.9. The Hall–Kier alpha value is -2.80. The summed E-state index contributed by atoms with van der Waals surface area (Å²) >= 11 is 1.35. The minimum atomic E-state index is -0.144. The van der Waals surface area contributed by atoms with Crippen molar-refractivity contribution < 1.29 is 9.59 Å². The van der Waals surface area contributed by atoms with Gasteiger partial charge in [0.05, 0.1) is 16.8 Å². The maximum atomic E-state index is 12.5. The van der Waals surface area contributed by atoms with E-state index in [0.717, 1.165) is 16.6 Å². The molecule has 28 heavy (non-hydrogen) atoms. The van der Waals surface area contributed by atoms with Gasteiger partial charge < -0.3 is 15.2 Å². The second kappa shape index (κ2) is 8.93. The molecule has 3 aromatic rings. The lowest BCUT2D eigenvalue weighted by atomic mass is 10.1. The molecule has 1 heterocycles. The van der Waals surface area contributed by atoms with Gasteiger partial charge in [-0.05, 0) is 56.7 Å². The van der Waals surface area contributed by atoms with E-state index in [4.69, 9.17) is 0 Å². The first-order chi connectivity index (χ1) is 13.5. The van der Waals surface area contributed by atoms with Crippen LogP contribution >= 0.6 is 11.8 Å². The number of hydrogen-bond donors (Lipinski definition) is 2. The van der Waals surface area contributed by atoms with Crippen LogP contribution in [0.5, 0.6) is 0 Å².